The minimum atomic E-state index is -0.818. The van der Waals surface area contributed by atoms with E-state index in [1.807, 2.05) is 91.0 Å². The Bertz CT molecular complexity index is 1890. The maximum absolute atomic E-state index is 14.1. The summed E-state index contributed by atoms with van der Waals surface area (Å²) in [4.78, 5) is 69.7. The Balaban J connectivity index is 1.24. The van der Waals surface area contributed by atoms with Gasteiger partial charge in [0.15, 0.2) is 0 Å². The number of carbonyl (C=O) groups is 5. The van der Waals surface area contributed by atoms with Crippen LogP contribution in [-0.4, -0.2) is 84.1 Å². The van der Waals surface area contributed by atoms with Gasteiger partial charge in [0.2, 0.25) is 23.6 Å². The van der Waals surface area contributed by atoms with Crippen LogP contribution in [0.2, 0.25) is 0 Å². The molecule has 5 amide bonds. The Kier molecular flexibility index (Phi) is 13.7. The van der Waals surface area contributed by atoms with Crippen molar-refractivity contribution in [2.75, 3.05) is 32.7 Å². The number of fused-ring (bicyclic) bond motifs is 1. The molecule has 4 aromatic carbocycles. The van der Waals surface area contributed by atoms with Crippen LogP contribution in [0.15, 0.2) is 114 Å². The van der Waals surface area contributed by atoms with E-state index in [9.17, 15) is 24.0 Å². The first-order valence-electron chi connectivity index (χ1n) is 17.6. The largest absolute Gasteiger partial charge is 0.353 e. The summed E-state index contributed by atoms with van der Waals surface area (Å²) >= 11 is 3.49. The summed E-state index contributed by atoms with van der Waals surface area (Å²) in [5.41, 5.74) is 2.22. The molecule has 11 heteroatoms. The fourth-order valence-corrected chi connectivity index (χ4v) is 6.80. The van der Waals surface area contributed by atoms with Crippen molar-refractivity contribution in [3.8, 4) is 0 Å². The monoisotopic (exact) mass is 765 g/mol. The van der Waals surface area contributed by atoms with Crippen molar-refractivity contribution in [1.29, 1.82) is 0 Å². The van der Waals surface area contributed by atoms with Gasteiger partial charge in [-0.3, -0.25) is 24.0 Å². The van der Waals surface area contributed by atoms with Crippen LogP contribution in [0.3, 0.4) is 0 Å². The predicted octanol–water partition coefficient (Wildman–Crippen LogP) is 4.81. The molecule has 0 bridgehead atoms. The molecule has 0 aliphatic carbocycles. The fraction of sp³-hybridized carbons (Fsp3) is 0.293. The molecule has 1 aliphatic rings. The summed E-state index contributed by atoms with van der Waals surface area (Å²) in [5.74, 6) is -1.30. The highest BCUT2D eigenvalue weighted by Gasteiger charge is 2.33. The minimum absolute atomic E-state index is 0.107. The van der Waals surface area contributed by atoms with Gasteiger partial charge < -0.3 is 25.8 Å². The number of amides is 5. The number of nitrogens with one attached hydrogen (secondary N) is 3. The van der Waals surface area contributed by atoms with Crippen LogP contribution in [0.4, 0.5) is 0 Å². The van der Waals surface area contributed by atoms with Crippen LogP contribution in [0.25, 0.3) is 10.8 Å². The third kappa shape index (κ3) is 10.4. The zero-order valence-corrected chi connectivity index (χ0v) is 30.6. The van der Waals surface area contributed by atoms with E-state index in [1.54, 1.807) is 15.9 Å². The summed E-state index contributed by atoms with van der Waals surface area (Å²) in [6.07, 6.45) is 3.24. The zero-order valence-electron chi connectivity index (χ0n) is 29.1. The van der Waals surface area contributed by atoms with E-state index in [0.717, 1.165) is 26.4 Å². The number of benzene rings is 4. The van der Waals surface area contributed by atoms with Crippen molar-refractivity contribution in [2.45, 2.75) is 44.2 Å². The molecule has 52 heavy (non-hydrogen) atoms. The van der Waals surface area contributed by atoms with Gasteiger partial charge >= 0.3 is 0 Å². The molecule has 0 radical (unpaired) electrons. The number of nitrogens with zero attached hydrogens (tertiary/aromatic N) is 2. The predicted molar refractivity (Wildman–Crippen MR) is 205 cm³/mol. The van der Waals surface area contributed by atoms with E-state index in [2.05, 4.69) is 38.5 Å². The first-order valence-corrected chi connectivity index (χ1v) is 18.4. The molecular formula is C41H44BrN5O5. The number of unbranched alkanes of at least 4 members (excludes halogenated alkanes) is 1. The smallest absolute Gasteiger partial charge is 0.252 e. The average molecular weight is 767 g/mol. The first kappa shape index (κ1) is 38.0. The van der Waals surface area contributed by atoms with Crippen molar-refractivity contribution >= 4 is 56.2 Å². The van der Waals surface area contributed by atoms with Crippen LogP contribution in [-0.2, 0) is 32.0 Å². The second-order valence-corrected chi connectivity index (χ2v) is 13.6. The van der Waals surface area contributed by atoms with Gasteiger partial charge in [0.1, 0.15) is 12.1 Å². The summed E-state index contributed by atoms with van der Waals surface area (Å²) in [7, 11) is 0. The molecule has 5 rings (SSSR count). The minimum Gasteiger partial charge on any atom is -0.353 e. The lowest BCUT2D eigenvalue weighted by atomic mass is 10.0. The van der Waals surface area contributed by atoms with E-state index in [-0.39, 0.29) is 62.1 Å². The highest BCUT2D eigenvalue weighted by Crippen LogP contribution is 2.20. The quantitative estimate of drug-likeness (QED) is 0.118. The molecule has 1 heterocycles. The SMILES string of the molecule is C=CC(=O)NCCCC[C@H](NC(=O)Cc1ccccc1Br)C(=O)N1CCN(C(=O)[C@@H](Cc2ccccc2)NC(=O)c2cccc3ccccc23)CC1. The van der Waals surface area contributed by atoms with E-state index in [1.165, 1.54) is 6.08 Å². The maximum atomic E-state index is 14.1. The van der Waals surface area contributed by atoms with Gasteiger partial charge in [0.05, 0.1) is 6.42 Å². The number of halogens is 1. The Morgan fingerprint density at radius 2 is 1.37 bits per heavy atom. The Morgan fingerprint density at radius 1 is 0.731 bits per heavy atom. The molecule has 1 aliphatic heterocycles. The van der Waals surface area contributed by atoms with Gasteiger partial charge in [-0.2, -0.15) is 0 Å². The van der Waals surface area contributed by atoms with Crippen molar-refractivity contribution in [2.24, 2.45) is 0 Å². The van der Waals surface area contributed by atoms with Gasteiger partial charge in [-0.1, -0.05) is 107 Å². The van der Waals surface area contributed by atoms with Crippen LogP contribution in [0.5, 0.6) is 0 Å². The summed E-state index contributed by atoms with van der Waals surface area (Å²) in [5, 5.41) is 10.4. The Labute approximate surface area is 312 Å². The van der Waals surface area contributed by atoms with Crippen LogP contribution < -0.4 is 16.0 Å². The highest BCUT2D eigenvalue weighted by atomic mass is 79.9. The molecular weight excluding hydrogens is 722 g/mol. The molecule has 1 fully saturated rings. The van der Waals surface area contributed by atoms with Gasteiger partial charge in [0.25, 0.3) is 5.91 Å². The molecule has 0 aromatic heterocycles. The Morgan fingerprint density at radius 3 is 2.08 bits per heavy atom. The lowest BCUT2D eigenvalue weighted by Gasteiger charge is -2.38. The van der Waals surface area contributed by atoms with Crippen molar-refractivity contribution < 1.29 is 24.0 Å². The summed E-state index contributed by atoms with van der Waals surface area (Å²) in [6, 6.07) is 28.6. The second-order valence-electron chi connectivity index (χ2n) is 12.8. The topological polar surface area (TPSA) is 128 Å². The van der Waals surface area contributed by atoms with Gasteiger partial charge in [-0.25, -0.2) is 0 Å². The number of rotatable bonds is 15. The molecule has 3 N–H and O–H groups in total. The lowest BCUT2D eigenvalue weighted by Crippen LogP contribution is -2.58. The molecule has 0 unspecified atom stereocenters. The number of hydrogen-bond acceptors (Lipinski definition) is 5. The van der Waals surface area contributed by atoms with E-state index >= 15 is 0 Å². The average Bonchev–Trinajstić information content (AvgIpc) is 3.17. The van der Waals surface area contributed by atoms with Crippen molar-refractivity contribution in [1.82, 2.24) is 25.8 Å². The lowest BCUT2D eigenvalue weighted by molar-refractivity contribution is -0.142. The zero-order chi connectivity index (χ0) is 36.9. The summed E-state index contributed by atoms with van der Waals surface area (Å²) < 4.78 is 0.811. The normalized spacial score (nSPS) is 13.9. The third-order valence-electron chi connectivity index (χ3n) is 9.17. The van der Waals surface area contributed by atoms with Crippen LogP contribution >= 0.6 is 15.9 Å². The van der Waals surface area contributed by atoms with E-state index < -0.39 is 12.1 Å². The standard InChI is InChI=1S/C41H44BrN5O5/c1-2-37(48)43-22-11-10-21-35(44-38(49)28-31-16-7-9-20-34(31)42)40(51)46-23-25-47(26-24-46)41(52)36(27-29-13-4-3-5-14-29)45-39(50)33-19-12-17-30-15-6-8-18-32(30)33/h2-9,12-20,35-36H,1,10-11,21-28H2,(H,43,48)(H,44,49)(H,45,50)/t35-,36+/m0/s1. The molecule has 10 nitrogen and oxygen atoms in total. The number of carbonyl (C=O) groups excluding carboxylic acids is 5. The van der Waals surface area contributed by atoms with Crippen molar-refractivity contribution in [3.05, 3.63) is 131 Å². The second kappa shape index (κ2) is 18.8. The summed E-state index contributed by atoms with van der Waals surface area (Å²) in [6.45, 7) is 5.02. The van der Waals surface area contributed by atoms with E-state index in [0.29, 0.717) is 37.8 Å². The fourth-order valence-electron chi connectivity index (χ4n) is 6.37. The number of hydrogen-bond donors (Lipinski definition) is 3. The highest BCUT2D eigenvalue weighted by molar-refractivity contribution is 9.10. The molecule has 270 valence electrons. The number of piperazine rings is 1. The molecule has 0 spiro atoms. The third-order valence-corrected chi connectivity index (χ3v) is 9.94. The maximum Gasteiger partial charge on any atom is 0.252 e. The first-order chi connectivity index (χ1) is 25.2. The Hall–Kier alpha value is -5.29. The van der Waals surface area contributed by atoms with Crippen LogP contribution in [0, 0.1) is 0 Å². The van der Waals surface area contributed by atoms with Crippen LogP contribution in [0.1, 0.15) is 40.7 Å². The van der Waals surface area contributed by atoms with Gasteiger partial charge in [-0.15, -0.1) is 0 Å². The molecule has 2 atom stereocenters. The molecule has 4 aromatic rings. The molecule has 1 saturated heterocycles. The molecule has 0 saturated carbocycles. The van der Waals surface area contributed by atoms with Crippen molar-refractivity contribution in [3.63, 3.8) is 0 Å². The van der Waals surface area contributed by atoms with E-state index in [4.69, 9.17) is 0 Å². The van der Waals surface area contributed by atoms with Gasteiger partial charge in [0, 0.05) is 49.2 Å². The van der Waals surface area contributed by atoms with Gasteiger partial charge in [-0.05, 0) is 59.4 Å².